The van der Waals surface area contributed by atoms with Gasteiger partial charge in [0.1, 0.15) is 11.5 Å². The largest absolute Gasteiger partial charge is 0.493 e. The number of nitrogen functional groups attached to an aromatic ring is 1. The monoisotopic (exact) mass is 452 g/mol. The highest BCUT2D eigenvalue weighted by Crippen LogP contribution is 2.42. The maximum absolute atomic E-state index is 15.1. The molecule has 0 fully saturated rings. The molecule has 7 nitrogen and oxygen atoms in total. The molecule has 2 aromatic carbocycles. The zero-order valence-corrected chi connectivity index (χ0v) is 18.3. The van der Waals surface area contributed by atoms with Crippen LogP contribution in [0.4, 0.5) is 30.8 Å². The van der Waals surface area contributed by atoms with Crippen molar-refractivity contribution in [1.29, 1.82) is 0 Å². The topological polar surface area (TPSA) is 80.9 Å². The summed E-state index contributed by atoms with van der Waals surface area (Å²) >= 11 is 0. The number of nitrogens with zero attached hydrogens (tertiary/aromatic N) is 3. The number of hydrogen-bond donors (Lipinski definition) is 1. The molecule has 1 aliphatic rings. The van der Waals surface area contributed by atoms with Crippen molar-refractivity contribution in [2.45, 2.75) is 6.54 Å². The van der Waals surface area contributed by atoms with Crippen LogP contribution in [0.5, 0.6) is 11.5 Å². The number of carbonyl (C=O) groups is 1. The van der Waals surface area contributed by atoms with Crippen LogP contribution in [0, 0.1) is 11.6 Å². The van der Waals surface area contributed by atoms with E-state index in [1.165, 1.54) is 32.4 Å². The zero-order chi connectivity index (χ0) is 23.7. The average molecular weight is 452 g/mol. The Morgan fingerprint density at radius 3 is 2.27 bits per heavy atom. The first-order valence-corrected chi connectivity index (χ1v) is 10.0. The van der Waals surface area contributed by atoms with Crippen LogP contribution in [0.2, 0.25) is 0 Å². The van der Waals surface area contributed by atoms with E-state index in [2.05, 4.69) is 4.98 Å². The Morgan fingerprint density at radius 2 is 1.67 bits per heavy atom. The Labute approximate surface area is 189 Å². The van der Waals surface area contributed by atoms with Gasteiger partial charge in [0, 0.05) is 30.4 Å². The van der Waals surface area contributed by atoms with Crippen LogP contribution in [-0.2, 0) is 6.54 Å². The van der Waals surface area contributed by atoms with E-state index in [1.807, 2.05) is 36.4 Å². The maximum atomic E-state index is 15.1. The first-order chi connectivity index (χ1) is 15.9. The summed E-state index contributed by atoms with van der Waals surface area (Å²) in [7, 11) is 4.01. The lowest BCUT2D eigenvalue weighted by Crippen LogP contribution is -2.46. The fourth-order valence-corrected chi connectivity index (χ4v) is 3.79. The molecule has 4 rings (SSSR count). The number of rotatable bonds is 5. The number of fused-ring (bicyclic) bond motifs is 1. The fraction of sp³-hybridized carbons (Fsp3) is 0.167. The minimum absolute atomic E-state index is 0.123. The normalized spacial score (nSPS) is 13.4. The SMILES string of the molecule is COc1cc(OC)c(F)c(N2Cc3cnc(N)c(C=Cc4ccccc4)c3N(C)C2=O)c1F. The summed E-state index contributed by atoms with van der Waals surface area (Å²) in [6.45, 7) is -0.123. The van der Waals surface area contributed by atoms with Gasteiger partial charge in [-0.05, 0) is 11.6 Å². The molecule has 0 aliphatic carbocycles. The quantitative estimate of drug-likeness (QED) is 0.607. The third-order valence-electron chi connectivity index (χ3n) is 5.44. The number of pyridine rings is 1. The summed E-state index contributed by atoms with van der Waals surface area (Å²) in [6, 6.07) is 10.0. The summed E-state index contributed by atoms with van der Waals surface area (Å²) in [5.74, 6) is -2.27. The summed E-state index contributed by atoms with van der Waals surface area (Å²) in [5, 5.41) is 0. The van der Waals surface area contributed by atoms with Gasteiger partial charge in [-0.2, -0.15) is 0 Å². The molecule has 9 heteroatoms. The van der Waals surface area contributed by atoms with Crippen LogP contribution in [0.3, 0.4) is 0 Å². The van der Waals surface area contributed by atoms with Gasteiger partial charge in [-0.3, -0.25) is 9.80 Å². The molecule has 1 aliphatic heterocycles. The molecular formula is C24H22F2N4O3. The summed E-state index contributed by atoms with van der Waals surface area (Å²) < 4.78 is 40.2. The Kier molecular flexibility index (Phi) is 5.87. The number of amides is 2. The van der Waals surface area contributed by atoms with E-state index in [9.17, 15) is 4.79 Å². The van der Waals surface area contributed by atoms with Gasteiger partial charge in [-0.1, -0.05) is 36.4 Å². The van der Waals surface area contributed by atoms with Crippen LogP contribution in [0.1, 0.15) is 16.7 Å². The van der Waals surface area contributed by atoms with E-state index in [0.717, 1.165) is 16.5 Å². The second-order valence-corrected chi connectivity index (χ2v) is 7.36. The van der Waals surface area contributed by atoms with Gasteiger partial charge in [-0.25, -0.2) is 18.6 Å². The number of benzene rings is 2. The molecule has 0 saturated carbocycles. The Bertz CT molecular complexity index is 1220. The van der Waals surface area contributed by atoms with Crippen molar-refractivity contribution in [3.8, 4) is 11.5 Å². The van der Waals surface area contributed by atoms with Crippen molar-refractivity contribution in [2.75, 3.05) is 36.8 Å². The lowest BCUT2D eigenvalue weighted by atomic mass is 10.0. The number of anilines is 3. The molecule has 2 N–H and O–H groups in total. The van der Waals surface area contributed by atoms with Gasteiger partial charge >= 0.3 is 6.03 Å². The van der Waals surface area contributed by atoms with Crippen LogP contribution >= 0.6 is 0 Å². The predicted molar refractivity (Wildman–Crippen MR) is 123 cm³/mol. The van der Waals surface area contributed by atoms with Gasteiger partial charge in [0.25, 0.3) is 0 Å². The molecule has 0 saturated heterocycles. The molecule has 0 bridgehead atoms. The van der Waals surface area contributed by atoms with E-state index >= 15 is 8.78 Å². The highest BCUT2D eigenvalue weighted by Gasteiger charge is 2.36. The second-order valence-electron chi connectivity index (χ2n) is 7.36. The lowest BCUT2D eigenvalue weighted by Gasteiger charge is -2.36. The van der Waals surface area contributed by atoms with Crippen LogP contribution < -0.4 is 25.0 Å². The average Bonchev–Trinajstić information content (AvgIpc) is 2.82. The Hall–Kier alpha value is -4.14. The smallest absolute Gasteiger partial charge is 0.329 e. The number of methoxy groups -OCH3 is 2. The standard InChI is InChI=1S/C24H22F2N4O3/c1-29-21-15(12-28-23(27)16(21)10-9-14-7-5-4-6-8-14)13-30(24(29)31)22-19(25)17(32-2)11-18(33-3)20(22)26/h4-12H,13H2,1-3H3,(H2,27,28). The first kappa shape index (κ1) is 22.1. The highest BCUT2D eigenvalue weighted by molar-refractivity contribution is 6.08. The number of halogens is 2. The minimum atomic E-state index is -1.01. The third-order valence-corrected chi connectivity index (χ3v) is 5.44. The van der Waals surface area contributed by atoms with Crippen molar-refractivity contribution in [2.24, 2.45) is 0 Å². The number of urea groups is 1. The van der Waals surface area contributed by atoms with E-state index in [4.69, 9.17) is 15.2 Å². The van der Waals surface area contributed by atoms with E-state index in [-0.39, 0.29) is 23.9 Å². The molecule has 0 unspecified atom stereocenters. The summed E-state index contributed by atoms with van der Waals surface area (Å²) in [6.07, 6.45) is 5.12. The summed E-state index contributed by atoms with van der Waals surface area (Å²) in [4.78, 5) is 19.8. The second kappa shape index (κ2) is 8.78. The molecule has 1 aromatic heterocycles. The molecule has 2 heterocycles. The van der Waals surface area contributed by atoms with Gasteiger partial charge in [0.15, 0.2) is 23.1 Å². The number of hydrogen-bond acceptors (Lipinski definition) is 5. The van der Waals surface area contributed by atoms with E-state index in [1.54, 1.807) is 6.08 Å². The van der Waals surface area contributed by atoms with E-state index in [0.29, 0.717) is 16.8 Å². The molecular weight excluding hydrogens is 430 g/mol. The van der Waals surface area contributed by atoms with Crippen LogP contribution in [0.15, 0.2) is 42.6 Å². The first-order valence-electron chi connectivity index (χ1n) is 10.0. The minimum Gasteiger partial charge on any atom is -0.493 e. The van der Waals surface area contributed by atoms with Crippen molar-refractivity contribution in [3.05, 3.63) is 70.9 Å². The maximum Gasteiger partial charge on any atom is 0.329 e. The molecule has 2 amide bonds. The molecule has 0 radical (unpaired) electrons. The number of ether oxygens (including phenoxy) is 2. The van der Waals surface area contributed by atoms with Gasteiger partial charge < -0.3 is 15.2 Å². The predicted octanol–water partition coefficient (Wildman–Crippen LogP) is 4.71. The molecule has 170 valence electrons. The fourth-order valence-electron chi connectivity index (χ4n) is 3.79. The zero-order valence-electron chi connectivity index (χ0n) is 18.3. The Balaban J connectivity index is 1.82. The molecule has 0 spiro atoms. The van der Waals surface area contributed by atoms with Gasteiger partial charge in [-0.15, -0.1) is 0 Å². The van der Waals surface area contributed by atoms with Gasteiger partial charge in [0.05, 0.1) is 26.5 Å². The van der Waals surface area contributed by atoms with Crippen molar-refractivity contribution in [1.82, 2.24) is 4.98 Å². The highest BCUT2D eigenvalue weighted by atomic mass is 19.1. The summed E-state index contributed by atoms with van der Waals surface area (Å²) in [5.41, 5.74) is 8.12. The van der Waals surface area contributed by atoms with Crippen LogP contribution in [-0.4, -0.2) is 32.3 Å². The number of carbonyl (C=O) groups excluding carboxylic acids is 1. The van der Waals surface area contributed by atoms with Crippen molar-refractivity contribution < 1.29 is 23.0 Å². The van der Waals surface area contributed by atoms with Crippen molar-refractivity contribution >= 4 is 35.4 Å². The lowest BCUT2D eigenvalue weighted by molar-refractivity contribution is 0.250. The molecule has 0 atom stereocenters. The molecule has 33 heavy (non-hydrogen) atoms. The van der Waals surface area contributed by atoms with Gasteiger partial charge in [0.2, 0.25) is 0 Å². The number of aromatic nitrogens is 1. The third kappa shape index (κ3) is 3.82. The van der Waals surface area contributed by atoms with Crippen molar-refractivity contribution in [3.63, 3.8) is 0 Å². The molecule has 3 aromatic rings. The van der Waals surface area contributed by atoms with Crippen LogP contribution in [0.25, 0.3) is 12.2 Å². The van der Waals surface area contributed by atoms with E-state index < -0.39 is 23.4 Å². The number of nitrogens with two attached hydrogens (primary N) is 1. The Morgan fingerprint density at radius 1 is 1.03 bits per heavy atom.